The smallest absolute Gasteiger partial charge is 0.310 e. The summed E-state index contributed by atoms with van der Waals surface area (Å²) in [6.07, 6.45) is 1.53. The molecule has 0 aromatic heterocycles. The lowest BCUT2D eigenvalue weighted by Gasteiger charge is -2.38. The molecule has 5 rings (SSSR count). The number of carbonyl (C=O) groups is 2. The Kier molecular flexibility index (Phi) is 4.16. The van der Waals surface area contributed by atoms with E-state index in [1.165, 1.54) is 28.3 Å². The van der Waals surface area contributed by atoms with E-state index in [9.17, 15) is 9.59 Å². The monoisotopic (exact) mass is 417 g/mol. The van der Waals surface area contributed by atoms with E-state index in [-0.39, 0.29) is 17.4 Å². The van der Waals surface area contributed by atoms with Gasteiger partial charge in [-0.2, -0.15) is 0 Å². The normalized spacial score (nSPS) is 23.4. The molecule has 0 spiro atoms. The lowest BCUT2D eigenvalue weighted by molar-refractivity contribution is -0.135. The molecule has 160 valence electrons. The first-order chi connectivity index (χ1) is 14.7. The third-order valence-corrected chi connectivity index (χ3v) is 6.40. The van der Waals surface area contributed by atoms with E-state index in [0.29, 0.717) is 6.54 Å². The third kappa shape index (κ3) is 2.83. The van der Waals surface area contributed by atoms with Crippen molar-refractivity contribution in [1.29, 1.82) is 0 Å². The number of allylic oxidation sites excluding steroid dienone is 1. The van der Waals surface area contributed by atoms with Gasteiger partial charge in [-0.15, -0.1) is 0 Å². The Morgan fingerprint density at radius 1 is 1.00 bits per heavy atom. The van der Waals surface area contributed by atoms with Crippen molar-refractivity contribution >= 4 is 28.7 Å². The first-order valence-electron chi connectivity index (χ1n) is 10.6. The molecule has 2 aromatic carbocycles. The first-order valence-corrected chi connectivity index (χ1v) is 10.6. The molecule has 0 saturated carbocycles. The van der Waals surface area contributed by atoms with Crippen molar-refractivity contribution < 1.29 is 9.59 Å². The summed E-state index contributed by atoms with van der Waals surface area (Å²) in [6.45, 7) is 7.14. The number of rotatable bonds is 2. The Bertz CT molecular complexity index is 1160. The second-order valence-corrected chi connectivity index (χ2v) is 9.47. The van der Waals surface area contributed by atoms with Crippen molar-refractivity contribution in [3.63, 3.8) is 0 Å². The molecule has 3 amide bonds. The molecule has 0 bridgehead atoms. The van der Waals surface area contributed by atoms with Crippen LogP contribution in [0.3, 0.4) is 0 Å². The van der Waals surface area contributed by atoms with Crippen LogP contribution in [0.25, 0.3) is 10.8 Å². The van der Waals surface area contributed by atoms with Crippen LogP contribution in [0.1, 0.15) is 26.3 Å². The van der Waals surface area contributed by atoms with E-state index in [0.717, 1.165) is 11.7 Å². The minimum atomic E-state index is -0.530. The van der Waals surface area contributed by atoms with E-state index >= 15 is 0 Å². The van der Waals surface area contributed by atoms with Crippen LogP contribution in [0.15, 0.2) is 59.4 Å². The predicted molar refractivity (Wildman–Crippen MR) is 120 cm³/mol. The van der Waals surface area contributed by atoms with Gasteiger partial charge in [0.1, 0.15) is 0 Å². The van der Waals surface area contributed by atoms with Crippen molar-refractivity contribution in [2.45, 2.75) is 39.5 Å². The molecule has 2 atom stereocenters. The van der Waals surface area contributed by atoms with Crippen LogP contribution in [0, 0.1) is 5.41 Å². The Morgan fingerprint density at radius 2 is 1.71 bits per heavy atom. The number of aliphatic imine (C=N–C) groups is 1. The molecule has 1 fully saturated rings. The minimum absolute atomic E-state index is 0.141. The van der Waals surface area contributed by atoms with Crippen molar-refractivity contribution in [3.05, 3.63) is 59.9 Å². The van der Waals surface area contributed by atoms with Gasteiger partial charge in [-0.25, -0.2) is 9.79 Å². The number of likely N-dealkylation sites (N-methyl/N-ethyl adjacent to an activating group) is 2. The molecule has 0 aliphatic carbocycles. The van der Waals surface area contributed by atoms with Gasteiger partial charge in [-0.1, -0.05) is 63.2 Å². The van der Waals surface area contributed by atoms with Crippen LogP contribution < -0.4 is 0 Å². The number of amides is 3. The number of nitrogens with zero attached hydrogens (tertiary/aromatic N) is 5. The molecule has 7 nitrogen and oxygen atoms in total. The quantitative estimate of drug-likeness (QED) is 0.751. The fraction of sp³-hybridized carbons (Fsp3) is 0.375. The maximum absolute atomic E-state index is 13.0. The highest BCUT2D eigenvalue weighted by Crippen LogP contribution is 2.41. The molecule has 0 N–H and O–H groups in total. The summed E-state index contributed by atoms with van der Waals surface area (Å²) in [5, 5.41) is 2.40. The zero-order chi connectivity index (χ0) is 22.1. The van der Waals surface area contributed by atoms with Crippen molar-refractivity contribution in [2.24, 2.45) is 10.4 Å². The van der Waals surface area contributed by atoms with Gasteiger partial charge in [0.25, 0.3) is 5.91 Å². The Balaban J connectivity index is 1.59. The number of hydrogen-bond donors (Lipinski definition) is 0. The average molecular weight is 418 g/mol. The summed E-state index contributed by atoms with van der Waals surface area (Å²) >= 11 is 0. The number of imide groups is 1. The molecular weight excluding hydrogens is 390 g/mol. The summed E-state index contributed by atoms with van der Waals surface area (Å²) in [7, 11) is 3.24. The van der Waals surface area contributed by atoms with Gasteiger partial charge in [0, 0.05) is 31.4 Å². The van der Waals surface area contributed by atoms with Crippen LogP contribution in [0.2, 0.25) is 0 Å². The molecule has 3 aliphatic heterocycles. The fourth-order valence-electron chi connectivity index (χ4n) is 4.72. The zero-order valence-electron chi connectivity index (χ0n) is 18.5. The number of benzene rings is 2. The van der Waals surface area contributed by atoms with Gasteiger partial charge < -0.3 is 14.7 Å². The molecule has 1 saturated heterocycles. The summed E-state index contributed by atoms with van der Waals surface area (Å²) in [5.74, 6) is 0.513. The van der Waals surface area contributed by atoms with Crippen molar-refractivity contribution in [2.75, 3.05) is 14.1 Å². The van der Waals surface area contributed by atoms with Crippen molar-refractivity contribution in [1.82, 2.24) is 19.6 Å². The van der Waals surface area contributed by atoms with Crippen LogP contribution in [0.4, 0.5) is 4.79 Å². The number of fused-ring (bicyclic) bond motifs is 4. The van der Waals surface area contributed by atoms with Crippen LogP contribution in [-0.2, 0) is 11.3 Å². The van der Waals surface area contributed by atoms with Gasteiger partial charge in [-0.05, 0) is 16.3 Å². The minimum Gasteiger partial charge on any atom is -0.310 e. The second-order valence-electron chi connectivity index (χ2n) is 9.47. The van der Waals surface area contributed by atoms with E-state index in [1.54, 1.807) is 11.9 Å². The Hall–Kier alpha value is -3.35. The number of guanidine groups is 1. The molecule has 3 aliphatic rings. The third-order valence-electron chi connectivity index (χ3n) is 6.40. The largest absolute Gasteiger partial charge is 0.328 e. The SMILES string of the molecule is CN1C(=O)C2C(N=C3N(Cc4cccc5ccccc45)C(C(C)(C)C)=CN32)N(C)C1=O. The van der Waals surface area contributed by atoms with Crippen LogP contribution >= 0.6 is 0 Å². The topological polar surface area (TPSA) is 59.5 Å². The summed E-state index contributed by atoms with van der Waals surface area (Å²) < 4.78 is 0. The van der Waals surface area contributed by atoms with Crippen LogP contribution in [0.5, 0.6) is 0 Å². The van der Waals surface area contributed by atoms with Gasteiger partial charge in [0.2, 0.25) is 5.96 Å². The van der Waals surface area contributed by atoms with E-state index in [4.69, 9.17) is 4.99 Å². The predicted octanol–water partition coefficient (Wildman–Crippen LogP) is 3.43. The molecule has 7 heteroatoms. The van der Waals surface area contributed by atoms with Gasteiger partial charge in [0.15, 0.2) is 12.2 Å². The summed E-state index contributed by atoms with van der Waals surface area (Å²) in [5.41, 5.74) is 2.16. The molecule has 2 unspecified atom stereocenters. The number of carbonyl (C=O) groups excluding carboxylic acids is 2. The van der Waals surface area contributed by atoms with Gasteiger partial charge >= 0.3 is 6.03 Å². The highest BCUT2D eigenvalue weighted by molar-refractivity contribution is 6.04. The highest BCUT2D eigenvalue weighted by Gasteiger charge is 2.54. The Morgan fingerprint density at radius 3 is 2.45 bits per heavy atom. The Labute approximate surface area is 182 Å². The van der Waals surface area contributed by atoms with E-state index in [1.807, 2.05) is 17.2 Å². The van der Waals surface area contributed by atoms with Crippen molar-refractivity contribution in [3.8, 4) is 0 Å². The van der Waals surface area contributed by atoms with E-state index in [2.05, 4.69) is 62.1 Å². The van der Waals surface area contributed by atoms with Crippen LogP contribution in [-0.4, -0.2) is 63.8 Å². The number of urea groups is 1. The molecular formula is C24H27N5O2. The molecule has 3 heterocycles. The first kappa shape index (κ1) is 19.6. The zero-order valence-corrected chi connectivity index (χ0v) is 18.5. The number of hydrogen-bond acceptors (Lipinski definition) is 5. The maximum atomic E-state index is 13.0. The molecule has 0 radical (unpaired) electrons. The second kappa shape index (κ2) is 6.57. The molecule has 2 aromatic rings. The summed E-state index contributed by atoms with van der Waals surface area (Å²) in [4.78, 5) is 37.3. The van der Waals surface area contributed by atoms with Gasteiger partial charge in [0.05, 0.1) is 6.54 Å². The van der Waals surface area contributed by atoms with Gasteiger partial charge in [-0.3, -0.25) is 9.69 Å². The lowest BCUT2D eigenvalue weighted by atomic mass is 9.91. The maximum Gasteiger partial charge on any atom is 0.328 e. The standard InChI is InChI=1S/C24H27N5O2/c1-24(2,3)18-14-29-19-20(26(4)23(31)27(5)21(19)30)25-22(29)28(18)13-16-11-8-10-15-9-6-7-12-17(15)16/h6-12,14,19-20H,13H2,1-5H3. The average Bonchev–Trinajstić information content (AvgIpc) is 3.28. The fourth-order valence-corrected chi connectivity index (χ4v) is 4.72. The summed E-state index contributed by atoms with van der Waals surface area (Å²) in [6, 6.07) is 13.8. The van der Waals surface area contributed by atoms with E-state index < -0.39 is 12.2 Å². The highest BCUT2D eigenvalue weighted by atomic mass is 16.2. The molecule has 31 heavy (non-hydrogen) atoms. The lowest BCUT2D eigenvalue weighted by Crippen LogP contribution is -2.63.